The van der Waals surface area contributed by atoms with Gasteiger partial charge in [-0.3, -0.25) is 4.79 Å². The van der Waals surface area contributed by atoms with Gasteiger partial charge in [-0.25, -0.2) is 0 Å². The molecule has 4 nitrogen and oxygen atoms in total. The van der Waals surface area contributed by atoms with Gasteiger partial charge in [-0.15, -0.1) is 0 Å². The Balaban J connectivity index is 1.65. The smallest absolute Gasteiger partial charge is 0.221 e. The largest absolute Gasteiger partial charge is 0.495 e. The second-order valence-electron chi connectivity index (χ2n) is 4.96. The van der Waals surface area contributed by atoms with Crippen molar-refractivity contribution in [2.45, 2.75) is 12.8 Å². The average Bonchev–Trinajstić information content (AvgIpc) is 2.56. The van der Waals surface area contributed by atoms with Gasteiger partial charge in [0.25, 0.3) is 0 Å². The molecule has 2 aromatic rings. The van der Waals surface area contributed by atoms with Gasteiger partial charge in [0.05, 0.1) is 12.8 Å². The lowest BCUT2D eigenvalue weighted by atomic mass is 10.1. The Kier molecular flexibility index (Phi) is 6.30. The summed E-state index contributed by atoms with van der Waals surface area (Å²) in [6.07, 6.45) is 1.29. The summed E-state index contributed by atoms with van der Waals surface area (Å²) in [5, 5.41) is 6.15. The van der Waals surface area contributed by atoms with Crippen molar-refractivity contribution in [3.8, 4) is 5.75 Å². The maximum absolute atomic E-state index is 11.8. The van der Waals surface area contributed by atoms with Crippen LogP contribution >= 0.6 is 0 Å². The number of anilines is 1. The molecule has 0 spiro atoms. The lowest BCUT2D eigenvalue weighted by molar-refractivity contribution is -0.120. The second-order valence-corrected chi connectivity index (χ2v) is 4.96. The van der Waals surface area contributed by atoms with Crippen molar-refractivity contribution in [1.82, 2.24) is 5.32 Å². The molecular formula is C18H22N2O2. The Morgan fingerprint density at radius 2 is 1.73 bits per heavy atom. The molecule has 0 aliphatic heterocycles. The second kappa shape index (κ2) is 8.72. The van der Waals surface area contributed by atoms with Crippen LogP contribution in [0.1, 0.15) is 12.0 Å². The van der Waals surface area contributed by atoms with Crippen LogP contribution in [0.2, 0.25) is 0 Å². The Morgan fingerprint density at radius 3 is 2.50 bits per heavy atom. The summed E-state index contributed by atoms with van der Waals surface area (Å²) in [5.41, 5.74) is 2.14. The standard InChI is InChI=1S/C18H22N2O2/c1-22-17-10-6-5-9-16(17)19-14-12-18(21)20-13-11-15-7-3-2-4-8-15/h2-10,19H,11-14H2,1H3,(H,20,21). The molecule has 0 unspecified atom stereocenters. The topological polar surface area (TPSA) is 50.4 Å². The number of rotatable bonds is 8. The molecule has 1 amide bonds. The minimum atomic E-state index is 0.0540. The number of amides is 1. The van der Waals surface area contributed by atoms with Crippen LogP contribution in [0.5, 0.6) is 5.75 Å². The van der Waals surface area contributed by atoms with E-state index in [9.17, 15) is 4.79 Å². The first-order valence-corrected chi connectivity index (χ1v) is 7.47. The molecule has 0 aliphatic carbocycles. The molecular weight excluding hydrogens is 276 g/mol. The summed E-state index contributed by atoms with van der Waals surface area (Å²) in [7, 11) is 1.64. The molecule has 116 valence electrons. The monoisotopic (exact) mass is 298 g/mol. The number of nitrogens with one attached hydrogen (secondary N) is 2. The van der Waals surface area contributed by atoms with E-state index in [4.69, 9.17) is 4.74 Å². The van der Waals surface area contributed by atoms with Gasteiger partial charge in [0.15, 0.2) is 0 Å². The molecule has 0 fully saturated rings. The highest BCUT2D eigenvalue weighted by atomic mass is 16.5. The van der Waals surface area contributed by atoms with E-state index in [0.717, 1.165) is 17.9 Å². The maximum atomic E-state index is 11.8. The van der Waals surface area contributed by atoms with Crippen LogP contribution in [0.15, 0.2) is 54.6 Å². The van der Waals surface area contributed by atoms with E-state index < -0.39 is 0 Å². The number of benzene rings is 2. The van der Waals surface area contributed by atoms with Crippen LogP contribution < -0.4 is 15.4 Å². The van der Waals surface area contributed by atoms with E-state index in [1.54, 1.807) is 7.11 Å². The predicted octanol–water partition coefficient (Wildman–Crippen LogP) is 2.86. The molecule has 0 heterocycles. The third-order valence-corrected chi connectivity index (χ3v) is 3.35. The summed E-state index contributed by atoms with van der Waals surface area (Å²) in [6.45, 7) is 1.25. The highest BCUT2D eigenvalue weighted by Crippen LogP contribution is 2.22. The minimum Gasteiger partial charge on any atom is -0.495 e. The fourth-order valence-electron chi connectivity index (χ4n) is 2.18. The zero-order chi connectivity index (χ0) is 15.6. The Hall–Kier alpha value is -2.49. The fraction of sp³-hybridized carbons (Fsp3) is 0.278. The summed E-state index contributed by atoms with van der Waals surface area (Å²) in [6, 6.07) is 17.8. The Labute approximate surface area is 131 Å². The van der Waals surface area contributed by atoms with Gasteiger partial charge >= 0.3 is 0 Å². The molecule has 0 saturated carbocycles. The third-order valence-electron chi connectivity index (χ3n) is 3.35. The molecule has 2 rings (SSSR count). The Morgan fingerprint density at radius 1 is 1.00 bits per heavy atom. The zero-order valence-electron chi connectivity index (χ0n) is 12.8. The van der Waals surface area contributed by atoms with Crippen LogP contribution in [-0.4, -0.2) is 26.1 Å². The van der Waals surface area contributed by atoms with Crippen molar-refractivity contribution in [1.29, 1.82) is 0 Å². The SMILES string of the molecule is COc1ccccc1NCCC(=O)NCCc1ccccc1. The quantitative estimate of drug-likeness (QED) is 0.788. The third kappa shape index (κ3) is 5.13. The zero-order valence-corrected chi connectivity index (χ0v) is 12.8. The van der Waals surface area contributed by atoms with Crippen molar-refractivity contribution < 1.29 is 9.53 Å². The molecule has 2 N–H and O–H groups in total. The summed E-state index contributed by atoms with van der Waals surface area (Å²) >= 11 is 0. The van der Waals surface area contributed by atoms with E-state index in [2.05, 4.69) is 22.8 Å². The minimum absolute atomic E-state index is 0.0540. The van der Waals surface area contributed by atoms with E-state index in [1.807, 2.05) is 42.5 Å². The van der Waals surface area contributed by atoms with Crippen LogP contribution in [0.25, 0.3) is 0 Å². The molecule has 4 heteroatoms. The molecule has 0 aromatic heterocycles. The van der Waals surface area contributed by atoms with Crippen molar-refractivity contribution in [3.63, 3.8) is 0 Å². The molecule has 0 bridgehead atoms. The van der Waals surface area contributed by atoms with E-state index >= 15 is 0 Å². The number of hydrogen-bond acceptors (Lipinski definition) is 3. The molecule has 22 heavy (non-hydrogen) atoms. The van der Waals surface area contributed by atoms with Crippen molar-refractivity contribution in [2.75, 3.05) is 25.5 Å². The number of hydrogen-bond donors (Lipinski definition) is 2. The lowest BCUT2D eigenvalue weighted by Gasteiger charge is -2.11. The molecule has 0 saturated heterocycles. The predicted molar refractivity (Wildman–Crippen MR) is 89.3 cm³/mol. The summed E-state index contributed by atoms with van der Waals surface area (Å²) < 4.78 is 5.25. The highest BCUT2D eigenvalue weighted by molar-refractivity contribution is 5.76. The highest BCUT2D eigenvalue weighted by Gasteiger charge is 2.03. The van der Waals surface area contributed by atoms with Gasteiger partial charge in [-0.2, -0.15) is 0 Å². The number of carbonyl (C=O) groups is 1. The number of methoxy groups -OCH3 is 1. The van der Waals surface area contributed by atoms with Crippen LogP contribution in [0, 0.1) is 0 Å². The van der Waals surface area contributed by atoms with Gasteiger partial charge in [0.1, 0.15) is 5.75 Å². The molecule has 2 aromatic carbocycles. The number of carbonyl (C=O) groups excluding carboxylic acids is 1. The van der Waals surface area contributed by atoms with Gasteiger partial charge in [0, 0.05) is 19.5 Å². The van der Waals surface area contributed by atoms with Crippen LogP contribution in [0.3, 0.4) is 0 Å². The summed E-state index contributed by atoms with van der Waals surface area (Å²) in [5.74, 6) is 0.838. The van der Waals surface area contributed by atoms with E-state index in [-0.39, 0.29) is 5.91 Å². The van der Waals surface area contributed by atoms with Gasteiger partial charge in [-0.1, -0.05) is 42.5 Å². The fourth-order valence-corrected chi connectivity index (χ4v) is 2.18. The van der Waals surface area contributed by atoms with E-state index in [1.165, 1.54) is 5.56 Å². The lowest BCUT2D eigenvalue weighted by Crippen LogP contribution is -2.27. The maximum Gasteiger partial charge on any atom is 0.221 e. The van der Waals surface area contributed by atoms with Gasteiger partial charge in [-0.05, 0) is 24.1 Å². The first-order chi connectivity index (χ1) is 10.8. The normalized spacial score (nSPS) is 10.0. The first kappa shape index (κ1) is 15.9. The molecule has 0 aliphatic rings. The van der Waals surface area contributed by atoms with Gasteiger partial charge in [0.2, 0.25) is 5.91 Å². The Bertz CT molecular complexity index is 585. The molecule has 0 atom stereocenters. The average molecular weight is 298 g/mol. The summed E-state index contributed by atoms with van der Waals surface area (Å²) in [4.78, 5) is 11.8. The first-order valence-electron chi connectivity index (χ1n) is 7.47. The van der Waals surface area contributed by atoms with Gasteiger partial charge < -0.3 is 15.4 Å². The number of ether oxygens (including phenoxy) is 1. The number of para-hydroxylation sites is 2. The van der Waals surface area contributed by atoms with Crippen LogP contribution in [0.4, 0.5) is 5.69 Å². The van der Waals surface area contributed by atoms with Crippen molar-refractivity contribution in [2.24, 2.45) is 0 Å². The molecule has 0 radical (unpaired) electrons. The van der Waals surface area contributed by atoms with E-state index in [0.29, 0.717) is 19.5 Å². The van der Waals surface area contributed by atoms with Crippen molar-refractivity contribution >= 4 is 11.6 Å². The van der Waals surface area contributed by atoms with Crippen molar-refractivity contribution in [3.05, 3.63) is 60.2 Å². The van der Waals surface area contributed by atoms with Crippen LogP contribution in [-0.2, 0) is 11.2 Å².